The second kappa shape index (κ2) is 5.82. The van der Waals surface area contributed by atoms with Gasteiger partial charge in [-0.1, -0.05) is 20.8 Å². The predicted molar refractivity (Wildman–Crippen MR) is 102 cm³/mol. The summed E-state index contributed by atoms with van der Waals surface area (Å²) in [7, 11) is 0. The first-order valence-corrected chi connectivity index (χ1v) is 10.1. The molecule has 4 unspecified atom stereocenters. The third-order valence-corrected chi connectivity index (χ3v) is 6.44. The SMILES string of the molecule is CC(C)(C)c1csc(C2=NN(c3cnccn3)C3C4CCC(CC23)O4)n1. The second-order valence-electron chi connectivity index (χ2n) is 8.39. The van der Waals surface area contributed by atoms with Crippen molar-refractivity contribution >= 4 is 22.9 Å². The molecule has 5 rings (SSSR count). The van der Waals surface area contributed by atoms with Gasteiger partial charge in [0.2, 0.25) is 0 Å². The van der Waals surface area contributed by atoms with Gasteiger partial charge >= 0.3 is 0 Å². The Labute approximate surface area is 157 Å². The molecule has 0 N–H and O–H groups in total. The number of anilines is 1. The quantitative estimate of drug-likeness (QED) is 0.812. The van der Waals surface area contributed by atoms with Crippen molar-refractivity contribution in [3.05, 3.63) is 34.7 Å². The lowest BCUT2D eigenvalue weighted by atomic mass is 9.87. The van der Waals surface area contributed by atoms with E-state index in [2.05, 4.69) is 36.1 Å². The molecule has 6 nitrogen and oxygen atoms in total. The zero-order valence-electron chi connectivity index (χ0n) is 15.3. The highest BCUT2D eigenvalue weighted by molar-refractivity contribution is 7.11. The lowest BCUT2D eigenvalue weighted by Gasteiger charge is -2.35. The molecule has 4 atom stereocenters. The zero-order chi connectivity index (χ0) is 17.9. The van der Waals surface area contributed by atoms with Crippen LogP contribution in [0.25, 0.3) is 0 Å². The maximum atomic E-state index is 6.23. The number of thiazole rings is 1. The van der Waals surface area contributed by atoms with E-state index < -0.39 is 0 Å². The van der Waals surface area contributed by atoms with E-state index in [1.54, 1.807) is 29.9 Å². The van der Waals surface area contributed by atoms with Gasteiger partial charge in [-0.2, -0.15) is 5.10 Å². The van der Waals surface area contributed by atoms with Crippen molar-refractivity contribution in [2.24, 2.45) is 11.0 Å². The molecule has 2 saturated heterocycles. The largest absolute Gasteiger partial charge is 0.373 e. The first-order valence-electron chi connectivity index (χ1n) is 9.26. The number of rotatable bonds is 2. The van der Waals surface area contributed by atoms with E-state index in [1.165, 1.54) is 0 Å². The summed E-state index contributed by atoms with van der Waals surface area (Å²) in [5, 5.41) is 10.3. The minimum absolute atomic E-state index is 0.0482. The highest BCUT2D eigenvalue weighted by Crippen LogP contribution is 2.45. The van der Waals surface area contributed by atoms with Crippen LogP contribution in [0.15, 0.2) is 29.1 Å². The van der Waals surface area contributed by atoms with Gasteiger partial charge in [0.1, 0.15) is 10.7 Å². The monoisotopic (exact) mass is 369 g/mol. The van der Waals surface area contributed by atoms with Crippen LogP contribution < -0.4 is 5.01 Å². The van der Waals surface area contributed by atoms with Gasteiger partial charge in [-0.15, -0.1) is 11.3 Å². The highest BCUT2D eigenvalue weighted by atomic mass is 32.1. The summed E-state index contributed by atoms with van der Waals surface area (Å²) in [4.78, 5) is 13.7. The molecule has 7 heteroatoms. The average Bonchev–Trinajstić information content (AvgIpc) is 3.33. The van der Waals surface area contributed by atoms with Crippen LogP contribution in [0, 0.1) is 5.92 Å². The molecule has 2 aromatic heterocycles. The Kier molecular flexibility index (Phi) is 3.66. The Morgan fingerprint density at radius 2 is 2.12 bits per heavy atom. The second-order valence-corrected chi connectivity index (χ2v) is 9.25. The van der Waals surface area contributed by atoms with Crippen LogP contribution in [-0.2, 0) is 10.2 Å². The minimum Gasteiger partial charge on any atom is -0.373 e. The van der Waals surface area contributed by atoms with Crippen LogP contribution in [0.1, 0.15) is 50.7 Å². The van der Waals surface area contributed by atoms with E-state index in [4.69, 9.17) is 14.8 Å². The van der Waals surface area contributed by atoms with Crippen molar-refractivity contribution < 1.29 is 4.74 Å². The Morgan fingerprint density at radius 3 is 2.85 bits per heavy atom. The highest BCUT2D eigenvalue weighted by Gasteiger charge is 2.52. The standard InChI is InChI=1S/C19H23N5OS/c1-19(2,3)14-10-26-18(22-14)16-12-8-11-4-5-13(25-11)17(12)24(23-16)15-9-20-6-7-21-15/h6-7,9-13,17H,4-5,8H2,1-3H3. The van der Waals surface area contributed by atoms with E-state index in [1.807, 2.05) is 5.01 Å². The Balaban J connectivity index is 1.57. The van der Waals surface area contributed by atoms with Gasteiger partial charge in [0, 0.05) is 29.1 Å². The summed E-state index contributed by atoms with van der Waals surface area (Å²) in [6, 6.07) is 0.197. The molecule has 0 aromatic carbocycles. The Morgan fingerprint density at radius 1 is 1.23 bits per heavy atom. The smallest absolute Gasteiger partial charge is 0.167 e. The first-order chi connectivity index (χ1) is 12.5. The summed E-state index contributed by atoms with van der Waals surface area (Å²) >= 11 is 1.70. The van der Waals surface area contributed by atoms with E-state index in [9.17, 15) is 0 Å². The van der Waals surface area contributed by atoms with Gasteiger partial charge in [-0.3, -0.25) is 4.98 Å². The maximum absolute atomic E-state index is 6.23. The fourth-order valence-electron chi connectivity index (χ4n) is 4.25. The van der Waals surface area contributed by atoms with Gasteiger partial charge in [0.25, 0.3) is 0 Å². The zero-order valence-corrected chi connectivity index (χ0v) is 16.1. The molecule has 0 radical (unpaired) electrons. The first kappa shape index (κ1) is 16.3. The van der Waals surface area contributed by atoms with Crippen LogP contribution in [-0.4, -0.2) is 38.9 Å². The van der Waals surface area contributed by atoms with Crippen molar-refractivity contribution in [1.82, 2.24) is 15.0 Å². The molecular formula is C19H23N5OS. The third-order valence-electron chi connectivity index (χ3n) is 5.58. The van der Waals surface area contributed by atoms with E-state index in [0.29, 0.717) is 12.0 Å². The molecule has 0 amide bonds. The van der Waals surface area contributed by atoms with E-state index in [0.717, 1.165) is 41.5 Å². The fourth-order valence-corrected chi connectivity index (χ4v) is 5.34. The van der Waals surface area contributed by atoms with Crippen molar-refractivity contribution in [2.75, 3.05) is 5.01 Å². The van der Waals surface area contributed by atoms with Crippen LogP contribution >= 0.6 is 11.3 Å². The number of fused-ring (bicyclic) bond motifs is 4. The predicted octanol–water partition coefficient (Wildman–Crippen LogP) is 3.39. The average molecular weight is 369 g/mol. The lowest BCUT2D eigenvalue weighted by molar-refractivity contribution is -0.0184. The Bertz CT molecular complexity index is 843. The number of ether oxygens (including phenoxy) is 1. The number of aromatic nitrogens is 3. The summed E-state index contributed by atoms with van der Waals surface area (Å²) in [6.07, 6.45) is 9.02. The van der Waals surface area contributed by atoms with Gasteiger partial charge in [0.15, 0.2) is 5.82 Å². The number of hydrogen-bond acceptors (Lipinski definition) is 7. The summed E-state index contributed by atoms with van der Waals surface area (Å²) in [6.45, 7) is 6.60. The van der Waals surface area contributed by atoms with Crippen LogP contribution in [0.5, 0.6) is 0 Å². The molecular weight excluding hydrogens is 346 g/mol. The van der Waals surface area contributed by atoms with Gasteiger partial charge in [0.05, 0.1) is 30.1 Å². The Hall–Kier alpha value is -1.86. The van der Waals surface area contributed by atoms with Gasteiger partial charge < -0.3 is 4.74 Å². The van der Waals surface area contributed by atoms with Crippen LogP contribution in [0.3, 0.4) is 0 Å². The third kappa shape index (κ3) is 2.56. The fraction of sp³-hybridized carbons (Fsp3) is 0.579. The van der Waals surface area contributed by atoms with Crippen molar-refractivity contribution in [3.63, 3.8) is 0 Å². The minimum atomic E-state index is 0.0482. The molecule has 2 aromatic rings. The number of hydrogen-bond donors (Lipinski definition) is 0. The molecule has 136 valence electrons. The molecule has 2 fully saturated rings. The maximum Gasteiger partial charge on any atom is 0.167 e. The van der Waals surface area contributed by atoms with Gasteiger partial charge in [-0.05, 0) is 19.3 Å². The molecule has 0 spiro atoms. The summed E-state index contributed by atoms with van der Waals surface area (Å²) < 4.78 is 6.23. The van der Waals surface area contributed by atoms with Gasteiger partial charge in [-0.25, -0.2) is 15.0 Å². The molecule has 3 aliphatic heterocycles. The summed E-state index contributed by atoms with van der Waals surface area (Å²) in [5.74, 6) is 1.14. The van der Waals surface area contributed by atoms with Crippen molar-refractivity contribution in [2.45, 2.75) is 63.7 Å². The molecule has 0 saturated carbocycles. The number of hydrazone groups is 1. The molecule has 2 bridgehead atoms. The van der Waals surface area contributed by atoms with Crippen molar-refractivity contribution in [1.29, 1.82) is 0 Å². The van der Waals surface area contributed by atoms with E-state index in [-0.39, 0.29) is 17.6 Å². The molecule has 3 aliphatic rings. The molecule has 26 heavy (non-hydrogen) atoms. The van der Waals surface area contributed by atoms with Crippen molar-refractivity contribution in [3.8, 4) is 0 Å². The molecule has 5 heterocycles. The van der Waals surface area contributed by atoms with Crippen LogP contribution in [0.4, 0.5) is 5.82 Å². The molecule has 0 aliphatic carbocycles. The number of nitrogens with zero attached hydrogens (tertiary/aromatic N) is 5. The normalized spacial score (nSPS) is 30.4. The summed E-state index contributed by atoms with van der Waals surface area (Å²) in [5.41, 5.74) is 2.28. The van der Waals surface area contributed by atoms with Crippen LogP contribution in [0.2, 0.25) is 0 Å². The topological polar surface area (TPSA) is 63.5 Å². The lowest BCUT2D eigenvalue weighted by Crippen LogP contribution is -2.47. The van der Waals surface area contributed by atoms with E-state index >= 15 is 0 Å².